The number of nitrogens with one attached hydrogen (secondary N) is 2. The zero-order valence-electron chi connectivity index (χ0n) is 22.2. The molecule has 2 amide bonds. The van der Waals surface area contributed by atoms with Crippen molar-refractivity contribution in [1.82, 2.24) is 10.6 Å². The Balaban J connectivity index is 2.15. The largest absolute Gasteiger partial charge is 0.469 e. The van der Waals surface area contributed by atoms with Gasteiger partial charge in [-0.1, -0.05) is 30.3 Å². The summed E-state index contributed by atoms with van der Waals surface area (Å²) in [6, 6.07) is 7.24. The van der Waals surface area contributed by atoms with E-state index < -0.39 is 72.8 Å². The van der Waals surface area contributed by atoms with Crippen LogP contribution in [0.15, 0.2) is 30.3 Å². The van der Waals surface area contributed by atoms with Crippen LogP contribution in [0.5, 0.6) is 0 Å². The summed E-state index contributed by atoms with van der Waals surface area (Å²) in [5.74, 6) is -1.16. The van der Waals surface area contributed by atoms with Crippen molar-refractivity contribution in [1.29, 1.82) is 0 Å². The fourth-order valence-corrected chi connectivity index (χ4v) is 4.10. The molecule has 1 aliphatic rings. The van der Waals surface area contributed by atoms with Crippen LogP contribution >= 0.6 is 0 Å². The van der Waals surface area contributed by atoms with Crippen LogP contribution < -0.4 is 10.6 Å². The van der Waals surface area contributed by atoms with Crippen LogP contribution in [-0.2, 0) is 30.2 Å². The fraction of sp³-hybridized carbons (Fsp3) is 0.654. The lowest BCUT2D eigenvalue weighted by Gasteiger charge is -2.40. The highest BCUT2D eigenvalue weighted by Crippen LogP contribution is 2.25. The number of ether oxygens (including phenoxy) is 3. The molecule has 12 nitrogen and oxygen atoms in total. The molecule has 0 spiro atoms. The summed E-state index contributed by atoms with van der Waals surface area (Å²) >= 11 is 0. The highest BCUT2D eigenvalue weighted by molar-refractivity contribution is 5.86. The lowest BCUT2D eigenvalue weighted by Crippen LogP contribution is -2.58. The van der Waals surface area contributed by atoms with Crippen molar-refractivity contribution in [2.24, 2.45) is 0 Å². The fourth-order valence-electron chi connectivity index (χ4n) is 4.10. The van der Waals surface area contributed by atoms with Gasteiger partial charge < -0.3 is 45.3 Å². The van der Waals surface area contributed by atoms with E-state index in [9.17, 15) is 34.8 Å². The van der Waals surface area contributed by atoms with Crippen LogP contribution in [0.25, 0.3) is 0 Å². The Kier molecular flexibility index (Phi) is 11.9. The summed E-state index contributed by atoms with van der Waals surface area (Å²) in [4.78, 5) is 37.8. The van der Waals surface area contributed by atoms with Gasteiger partial charge in [0.25, 0.3) is 0 Å². The van der Waals surface area contributed by atoms with E-state index in [4.69, 9.17) is 14.2 Å². The monoisotopic (exact) mass is 540 g/mol. The molecule has 1 fully saturated rings. The minimum atomic E-state index is -1.53. The van der Waals surface area contributed by atoms with E-state index in [2.05, 4.69) is 10.6 Å². The summed E-state index contributed by atoms with van der Waals surface area (Å²) in [6.45, 7) is 4.53. The number of carbonyl (C=O) groups is 3. The van der Waals surface area contributed by atoms with E-state index in [1.807, 2.05) is 18.2 Å². The number of benzene rings is 1. The van der Waals surface area contributed by atoms with E-state index >= 15 is 0 Å². The molecule has 0 aromatic heterocycles. The first-order valence-electron chi connectivity index (χ1n) is 12.6. The highest BCUT2D eigenvalue weighted by Gasteiger charge is 2.43. The molecule has 6 N–H and O–H groups in total. The number of aliphatic hydroxyl groups excluding tert-OH is 4. The van der Waals surface area contributed by atoms with Gasteiger partial charge in [-0.25, -0.2) is 4.79 Å². The number of hydrogen-bond acceptors (Lipinski definition) is 10. The predicted molar refractivity (Wildman–Crippen MR) is 135 cm³/mol. The molecule has 1 aromatic carbocycles. The molecule has 2 rings (SSSR count). The SMILES string of the molecule is COC(=O)C[C@H](CC[C@H]1O[C@H](CO)[C@@H](O)[C@H](O)[C@H]1O)NC(=O)[C@H](Cc1ccccc1)NC(=O)OC(C)(C)C. The molecule has 0 unspecified atom stereocenters. The van der Waals surface area contributed by atoms with Gasteiger partial charge in [0.2, 0.25) is 5.91 Å². The number of alkyl carbamates (subject to hydrolysis) is 1. The number of amides is 2. The van der Waals surface area contributed by atoms with Crippen molar-refractivity contribution < 1.29 is 49.0 Å². The minimum Gasteiger partial charge on any atom is -0.469 e. The molecule has 1 saturated heterocycles. The molecule has 214 valence electrons. The van der Waals surface area contributed by atoms with E-state index in [1.165, 1.54) is 7.11 Å². The molecule has 1 aromatic rings. The van der Waals surface area contributed by atoms with Crippen molar-refractivity contribution in [2.75, 3.05) is 13.7 Å². The van der Waals surface area contributed by atoms with E-state index in [0.717, 1.165) is 5.56 Å². The number of hydrogen-bond donors (Lipinski definition) is 6. The predicted octanol–water partition coefficient (Wildman–Crippen LogP) is -0.207. The number of methoxy groups -OCH3 is 1. The van der Waals surface area contributed by atoms with Gasteiger partial charge in [-0.2, -0.15) is 0 Å². The van der Waals surface area contributed by atoms with Crippen molar-refractivity contribution in [3.63, 3.8) is 0 Å². The zero-order valence-corrected chi connectivity index (χ0v) is 22.2. The van der Waals surface area contributed by atoms with Crippen LogP contribution in [0.2, 0.25) is 0 Å². The Morgan fingerprint density at radius 1 is 1.00 bits per heavy atom. The van der Waals surface area contributed by atoms with E-state index in [0.29, 0.717) is 0 Å². The van der Waals surface area contributed by atoms with Crippen molar-refractivity contribution in [3.05, 3.63) is 35.9 Å². The summed E-state index contributed by atoms with van der Waals surface area (Å²) in [6.07, 6.45) is -7.14. The topological polar surface area (TPSA) is 184 Å². The first-order valence-corrected chi connectivity index (χ1v) is 12.6. The highest BCUT2D eigenvalue weighted by atomic mass is 16.6. The van der Waals surface area contributed by atoms with Crippen molar-refractivity contribution >= 4 is 18.0 Å². The second-order valence-corrected chi connectivity index (χ2v) is 10.3. The smallest absolute Gasteiger partial charge is 0.408 e. The van der Waals surface area contributed by atoms with Gasteiger partial charge in [0.15, 0.2) is 0 Å². The maximum absolute atomic E-state index is 13.3. The molecule has 0 radical (unpaired) electrons. The molecule has 0 bridgehead atoms. The third-order valence-electron chi connectivity index (χ3n) is 6.07. The lowest BCUT2D eigenvalue weighted by molar-refractivity contribution is -0.230. The Morgan fingerprint density at radius 2 is 1.63 bits per heavy atom. The van der Waals surface area contributed by atoms with Gasteiger partial charge in [0, 0.05) is 12.5 Å². The van der Waals surface area contributed by atoms with E-state index in [1.54, 1.807) is 32.9 Å². The second-order valence-electron chi connectivity index (χ2n) is 10.3. The lowest BCUT2D eigenvalue weighted by atomic mass is 9.91. The van der Waals surface area contributed by atoms with Crippen molar-refractivity contribution in [3.8, 4) is 0 Å². The van der Waals surface area contributed by atoms with Crippen LogP contribution in [0.3, 0.4) is 0 Å². The Hall–Kier alpha value is -2.77. The summed E-state index contributed by atoms with van der Waals surface area (Å²) in [5, 5.41) is 45.1. The Bertz CT molecular complexity index is 905. The second kappa shape index (κ2) is 14.4. The van der Waals surface area contributed by atoms with E-state index in [-0.39, 0.29) is 25.7 Å². The normalized spacial score (nSPS) is 25.1. The molecule has 0 aliphatic carbocycles. The molecule has 12 heteroatoms. The molecule has 0 saturated carbocycles. The molecular weight excluding hydrogens is 500 g/mol. The average molecular weight is 541 g/mol. The third-order valence-corrected chi connectivity index (χ3v) is 6.07. The maximum Gasteiger partial charge on any atom is 0.408 e. The van der Waals surface area contributed by atoms with Gasteiger partial charge in [0.05, 0.1) is 26.2 Å². The minimum absolute atomic E-state index is 0.0756. The van der Waals surface area contributed by atoms with Gasteiger partial charge >= 0.3 is 12.1 Å². The quantitative estimate of drug-likeness (QED) is 0.205. The molecule has 1 aliphatic heterocycles. The molecule has 1 heterocycles. The van der Waals surface area contributed by atoms with Crippen molar-refractivity contribution in [2.45, 2.75) is 94.7 Å². The number of rotatable bonds is 11. The maximum atomic E-state index is 13.3. The molecular formula is C26H40N2O10. The molecule has 38 heavy (non-hydrogen) atoms. The van der Waals surface area contributed by atoms with Crippen LogP contribution in [0.1, 0.15) is 45.6 Å². The first-order chi connectivity index (χ1) is 17.8. The van der Waals surface area contributed by atoms with Gasteiger partial charge in [-0.3, -0.25) is 9.59 Å². The number of carbonyl (C=O) groups excluding carboxylic acids is 3. The van der Waals surface area contributed by atoms with Gasteiger partial charge in [-0.05, 0) is 39.2 Å². The first kappa shape index (κ1) is 31.4. The van der Waals surface area contributed by atoms with Gasteiger partial charge in [0.1, 0.15) is 36.1 Å². The number of aliphatic hydroxyl groups is 4. The Labute approximate surface area is 222 Å². The molecule has 7 atom stereocenters. The Morgan fingerprint density at radius 3 is 2.21 bits per heavy atom. The summed E-state index contributed by atoms with van der Waals surface area (Å²) < 4.78 is 15.6. The van der Waals surface area contributed by atoms with Crippen LogP contribution in [0.4, 0.5) is 4.79 Å². The summed E-state index contributed by atoms with van der Waals surface area (Å²) in [7, 11) is 1.21. The standard InChI is InChI=1S/C26H40N2O10/c1-26(2,3)38-25(35)28-17(12-15-8-6-5-7-9-15)24(34)27-16(13-20(30)36-4)10-11-18-21(31)23(33)22(32)19(14-29)37-18/h5-9,16-19,21-23,29,31-33H,10-14H2,1-4H3,(H,27,34)(H,28,35)/t16-,17-,18+,19+,21-,22+,23+/m0/s1. The summed E-state index contributed by atoms with van der Waals surface area (Å²) in [5.41, 5.74) is 0.00554. The average Bonchev–Trinajstić information content (AvgIpc) is 2.85. The van der Waals surface area contributed by atoms with Crippen LogP contribution in [0, 0.1) is 0 Å². The van der Waals surface area contributed by atoms with Crippen LogP contribution in [-0.4, -0.2) is 100 Å². The zero-order chi connectivity index (χ0) is 28.5. The van der Waals surface area contributed by atoms with Gasteiger partial charge in [-0.15, -0.1) is 0 Å². The third kappa shape index (κ3) is 9.84. The number of esters is 1.